The second-order valence-electron chi connectivity index (χ2n) is 4.95. The molecule has 0 amide bonds. The van der Waals surface area contributed by atoms with Crippen LogP contribution >= 0.6 is 15.9 Å². The van der Waals surface area contributed by atoms with Gasteiger partial charge >= 0.3 is 0 Å². The van der Waals surface area contributed by atoms with Crippen LogP contribution in [0.4, 0.5) is 5.69 Å². The first-order chi connectivity index (χ1) is 8.66. The van der Waals surface area contributed by atoms with Crippen LogP contribution in [-0.2, 0) is 4.74 Å². The Morgan fingerprint density at radius 2 is 2.28 bits per heavy atom. The molecule has 0 spiro atoms. The number of halogens is 1. The number of ether oxygens (including phenoxy) is 1. The van der Waals surface area contributed by atoms with Crippen molar-refractivity contribution >= 4 is 21.6 Å². The molecule has 0 saturated heterocycles. The van der Waals surface area contributed by atoms with E-state index in [-0.39, 0.29) is 0 Å². The van der Waals surface area contributed by atoms with E-state index < -0.39 is 6.10 Å². The molecular weight excluding hydrogens is 294 g/mol. The Bertz CT molecular complexity index is 393. The maximum absolute atomic E-state index is 9.80. The minimum Gasteiger partial charge on any atom is -0.389 e. The maximum Gasteiger partial charge on any atom is 0.0945 e. The monoisotopic (exact) mass is 313 g/mol. The Balaban J connectivity index is 1.70. The van der Waals surface area contributed by atoms with Gasteiger partial charge in [0.25, 0.3) is 0 Å². The first-order valence-electron chi connectivity index (χ1n) is 6.41. The summed E-state index contributed by atoms with van der Waals surface area (Å²) in [7, 11) is 0. The van der Waals surface area contributed by atoms with Crippen LogP contribution in [0.15, 0.2) is 22.7 Å². The van der Waals surface area contributed by atoms with Gasteiger partial charge in [-0.25, -0.2) is 0 Å². The molecule has 1 saturated carbocycles. The van der Waals surface area contributed by atoms with Crippen molar-refractivity contribution in [3.63, 3.8) is 0 Å². The number of hydrogen-bond donors (Lipinski definition) is 2. The molecule has 0 aliphatic heterocycles. The van der Waals surface area contributed by atoms with Gasteiger partial charge in [0.2, 0.25) is 0 Å². The average Bonchev–Trinajstić information content (AvgIpc) is 3.15. The predicted octanol–water partition coefficient (Wildman–Crippen LogP) is 2.96. The zero-order valence-electron chi connectivity index (χ0n) is 10.7. The zero-order valence-corrected chi connectivity index (χ0v) is 12.2. The number of aliphatic hydroxyl groups is 1. The van der Waals surface area contributed by atoms with Crippen LogP contribution in [-0.4, -0.2) is 31.0 Å². The van der Waals surface area contributed by atoms with Gasteiger partial charge in [-0.1, -0.05) is 12.1 Å². The minimum atomic E-state index is -0.462. The smallest absolute Gasteiger partial charge is 0.0945 e. The Hall–Kier alpha value is -0.580. The quantitative estimate of drug-likeness (QED) is 0.813. The lowest BCUT2D eigenvalue weighted by atomic mass is 10.2. The summed E-state index contributed by atoms with van der Waals surface area (Å²) < 4.78 is 6.51. The number of benzene rings is 1. The first-order valence-corrected chi connectivity index (χ1v) is 7.21. The van der Waals surface area contributed by atoms with E-state index in [1.165, 1.54) is 18.4 Å². The van der Waals surface area contributed by atoms with Gasteiger partial charge in [-0.3, -0.25) is 0 Å². The highest BCUT2D eigenvalue weighted by atomic mass is 79.9. The maximum atomic E-state index is 9.80. The zero-order chi connectivity index (χ0) is 13.0. The normalized spacial score (nSPS) is 16.6. The Morgan fingerprint density at radius 3 is 3.00 bits per heavy atom. The topological polar surface area (TPSA) is 41.5 Å². The van der Waals surface area contributed by atoms with Crippen LogP contribution in [0.2, 0.25) is 0 Å². The van der Waals surface area contributed by atoms with E-state index in [2.05, 4.69) is 21.2 Å². The standard InChI is InChI=1S/C14H20BrNO2/c1-10-3-2-4-13(14(10)15)16-7-12(17)9-18-8-11-5-6-11/h2-4,11-12,16-17H,5-9H2,1H3. The van der Waals surface area contributed by atoms with E-state index in [0.29, 0.717) is 13.2 Å². The average molecular weight is 314 g/mol. The molecule has 0 radical (unpaired) electrons. The van der Waals surface area contributed by atoms with Gasteiger partial charge in [-0.15, -0.1) is 0 Å². The molecule has 1 aromatic rings. The number of aryl methyl sites for hydroxylation is 1. The summed E-state index contributed by atoms with van der Waals surface area (Å²) >= 11 is 3.53. The highest BCUT2D eigenvalue weighted by Crippen LogP contribution is 2.28. The fraction of sp³-hybridized carbons (Fsp3) is 0.571. The SMILES string of the molecule is Cc1cccc(NCC(O)COCC2CC2)c1Br. The van der Waals surface area contributed by atoms with Crippen LogP contribution in [0.1, 0.15) is 18.4 Å². The molecule has 1 aliphatic carbocycles. The molecule has 18 heavy (non-hydrogen) atoms. The molecule has 3 nitrogen and oxygen atoms in total. The van der Waals surface area contributed by atoms with E-state index in [1.807, 2.05) is 25.1 Å². The lowest BCUT2D eigenvalue weighted by Gasteiger charge is -2.14. The minimum absolute atomic E-state index is 0.410. The van der Waals surface area contributed by atoms with E-state index >= 15 is 0 Å². The van der Waals surface area contributed by atoms with E-state index in [9.17, 15) is 5.11 Å². The third kappa shape index (κ3) is 4.26. The van der Waals surface area contributed by atoms with Gasteiger partial charge in [0.15, 0.2) is 0 Å². The largest absolute Gasteiger partial charge is 0.389 e. The summed E-state index contributed by atoms with van der Waals surface area (Å²) in [4.78, 5) is 0. The van der Waals surface area contributed by atoms with Crippen LogP contribution < -0.4 is 5.32 Å². The fourth-order valence-corrected chi connectivity index (χ4v) is 2.13. The number of hydrogen-bond acceptors (Lipinski definition) is 3. The summed E-state index contributed by atoms with van der Waals surface area (Å²) in [5.41, 5.74) is 2.19. The lowest BCUT2D eigenvalue weighted by Crippen LogP contribution is -2.25. The molecule has 1 fully saturated rings. The van der Waals surface area contributed by atoms with E-state index in [0.717, 1.165) is 22.7 Å². The van der Waals surface area contributed by atoms with Crippen molar-refractivity contribution in [2.45, 2.75) is 25.9 Å². The van der Waals surface area contributed by atoms with Crippen molar-refractivity contribution in [1.82, 2.24) is 0 Å². The molecule has 2 N–H and O–H groups in total. The Labute approximate surface area is 117 Å². The number of anilines is 1. The molecule has 1 aliphatic rings. The summed E-state index contributed by atoms with van der Waals surface area (Å²) in [6.07, 6.45) is 2.10. The fourth-order valence-electron chi connectivity index (χ4n) is 1.73. The number of rotatable bonds is 7. The molecule has 1 aromatic carbocycles. The Kier molecular flexibility index (Phi) is 5.03. The van der Waals surface area contributed by atoms with E-state index in [4.69, 9.17) is 4.74 Å². The predicted molar refractivity (Wildman–Crippen MR) is 76.9 cm³/mol. The lowest BCUT2D eigenvalue weighted by molar-refractivity contribution is 0.0386. The molecular formula is C14H20BrNO2. The first kappa shape index (κ1) is 13.8. The van der Waals surface area contributed by atoms with Crippen LogP contribution in [0, 0.1) is 12.8 Å². The van der Waals surface area contributed by atoms with Crippen molar-refractivity contribution in [3.8, 4) is 0 Å². The van der Waals surface area contributed by atoms with Gasteiger partial charge in [0.05, 0.1) is 12.7 Å². The van der Waals surface area contributed by atoms with Crippen molar-refractivity contribution < 1.29 is 9.84 Å². The molecule has 0 heterocycles. The summed E-state index contributed by atoms with van der Waals surface area (Å²) in [6, 6.07) is 6.04. The van der Waals surface area contributed by atoms with Gasteiger partial charge in [-0.05, 0) is 53.2 Å². The summed E-state index contributed by atoms with van der Waals surface area (Å²) in [5.74, 6) is 0.746. The number of nitrogens with one attached hydrogen (secondary N) is 1. The van der Waals surface area contributed by atoms with Crippen molar-refractivity contribution in [3.05, 3.63) is 28.2 Å². The molecule has 100 valence electrons. The van der Waals surface area contributed by atoms with E-state index in [1.54, 1.807) is 0 Å². The van der Waals surface area contributed by atoms with Crippen molar-refractivity contribution in [1.29, 1.82) is 0 Å². The highest BCUT2D eigenvalue weighted by molar-refractivity contribution is 9.10. The molecule has 0 bridgehead atoms. The molecule has 4 heteroatoms. The highest BCUT2D eigenvalue weighted by Gasteiger charge is 2.21. The number of aliphatic hydroxyl groups excluding tert-OH is 1. The Morgan fingerprint density at radius 1 is 1.50 bits per heavy atom. The molecule has 0 aromatic heterocycles. The van der Waals surface area contributed by atoms with Gasteiger partial charge in [-0.2, -0.15) is 0 Å². The molecule has 1 atom stereocenters. The van der Waals surface area contributed by atoms with Crippen molar-refractivity contribution in [2.75, 3.05) is 25.1 Å². The second-order valence-corrected chi connectivity index (χ2v) is 5.75. The van der Waals surface area contributed by atoms with Crippen LogP contribution in [0.25, 0.3) is 0 Å². The summed E-state index contributed by atoms with van der Waals surface area (Å²) in [5, 5.41) is 13.0. The third-order valence-electron chi connectivity index (χ3n) is 3.08. The van der Waals surface area contributed by atoms with Gasteiger partial charge < -0.3 is 15.2 Å². The van der Waals surface area contributed by atoms with Gasteiger partial charge in [0, 0.05) is 23.3 Å². The molecule has 1 unspecified atom stereocenters. The second kappa shape index (κ2) is 6.55. The van der Waals surface area contributed by atoms with Crippen LogP contribution in [0.5, 0.6) is 0 Å². The van der Waals surface area contributed by atoms with Gasteiger partial charge in [0.1, 0.15) is 0 Å². The molecule has 2 rings (SSSR count). The van der Waals surface area contributed by atoms with Crippen molar-refractivity contribution in [2.24, 2.45) is 5.92 Å². The summed E-state index contributed by atoms with van der Waals surface area (Å²) in [6.45, 7) is 3.76. The van der Waals surface area contributed by atoms with Crippen LogP contribution in [0.3, 0.4) is 0 Å². The third-order valence-corrected chi connectivity index (χ3v) is 4.13.